The number of rotatable bonds is 6. The van der Waals surface area contributed by atoms with E-state index in [9.17, 15) is 18.0 Å². The lowest BCUT2D eigenvalue weighted by Crippen LogP contribution is -2.19. The van der Waals surface area contributed by atoms with Gasteiger partial charge >= 0.3 is 6.18 Å². The molecule has 0 unspecified atom stereocenters. The normalized spacial score (nSPS) is 11.5. The Labute approximate surface area is 194 Å². The van der Waals surface area contributed by atoms with Crippen LogP contribution in [0.15, 0.2) is 59.8 Å². The van der Waals surface area contributed by atoms with E-state index in [1.54, 1.807) is 6.07 Å². The summed E-state index contributed by atoms with van der Waals surface area (Å²) in [5.74, 6) is 5.41. The molecular weight excluding hydrogens is 479 g/mol. The molecule has 0 fully saturated rings. The van der Waals surface area contributed by atoms with Crippen molar-refractivity contribution >= 4 is 35.0 Å². The van der Waals surface area contributed by atoms with E-state index in [-0.39, 0.29) is 21.8 Å². The van der Waals surface area contributed by atoms with E-state index in [1.807, 2.05) is 30.3 Å². The molecular formula is C20H15ClF3N7OS. The minimum Gasteiger partial charge on any atom is -0.335 e. The van der Waals surface area contributed by atoms with E-state index >= 15 is 0 Å². The van der Waals surface area contributed by atoms with Crippen LogP contribution in [0.25, 0.3) is 22.8 Å². The van der Waals surface area contributed by atoms with Crippen molar-refractivity contribution in [1.82, 2.24) is 25.1 Å². The molecule has 4 rings (SSSR count). The number of amides is 1. The number of carbonyl (C=O) groups is 1. The van der Waals surface area contributed by atoms with Gasteiger partial charge in [0.1, 0.15) is 5.69 Å². The lowest BCUT2D eigenvalue weighted by molar-refractivity contribution is -0.137. The summed E-state index contributed by atoms with van der Waals surface area (Å²) in [7, 11) is 0. The largest absolute Gasteiger partial charge is 0.418 e. The fraction of sp³-hybridized carbons (Fsp3) is 0.100. The molecule has 0 radical (unpaired) electrons. The smallest absolute Gasteiger partial charge is 0.335 e. The highest BCUT2D eigenvalue weighted by Crippen LogP contribution is 2.36. The first-order chi connectivity index (χ1) is 15.7. The topological polar surface area (TPSA) is 115 Å². The molecule has 0 saturated heterocycles. The van der Waals surface area contributed by atoms with Crippen molar-refractivity contribution in [3.05, 3.63) is 65.2 Å². The van der Waals surface area contributed by atoms with Gasteiger partial charge in [-0.1, -0.05) is 53.7 Å². The lowest BCUT2D eigenvalue weighted by Gasteiger charge is -2.14. The summed E-state index contributed by atoms with van der Waals surface area (Å²) in [5, 5.41) is 17.4. The first-order valence-corrected chi connectivity index (χ1v) is 10.7. The second kappa shape index (κ2) is 9.16. The third-order valence-electron chi connectivity index (χ3n) is 4.45. The second-order valence-corrected chi connectivity index (χ2v) is 8.11. The van der Waals surface area contributed by atoms with Crippen LogP contribution in [0.5, 0.6) is 0 Å². The van der Waals surface area contributed by atoms with Crippen molar-refractivity contribution in [3.8, 4) is 22.8 Å². The number of anilines is 1. The molecule has 2 aromatic carbocycles. The van der Waals surface area contributed by atoms with Crippen molar-refractivity contribution in [3.63, 3.8) is 0 Å². The zero-order valence-corrected chi connectivity index (χ0v) is 18.2. The Balaban J connectivity index is 1.44. The van der Waals surface area contributed by atoms with Crippen LogP contribution in [0.2, 0.25) is 5.02 Å². The van der Waals surface area contributed by atoms with Crippen LogP contribution in [-0.2, 0) is 11.0 Å². The van der Waals surface area contributed by atoms with Crippen LogP contribution in [-0.4, -0.2) is 36.7 Å². The molecule has 0 saturated carbocycles. The van der Waals surface area contributed by atoms with Gasteiger partial charge in [-0.3, -0.25) is 9.89 Å². The Hall–Kier alpha value is -3.51. The Morgan fingerprint density at radius 1 is 1.15 bits per heavy atom. The molecule has 2 heterocycles. The first kappa shape index (κ1) is 22.7. The van der Waals surface area contributed by atoms with Crippen molar-refractivity contribution in [2.75, 3.05) is 16.9 Å². The van der Waals surface area contributed by atoms with Crippen LogP contribution in [0.3, 0.4) is 0 Å². The number of alkyl halides is 3. The number of nitrogens with zero attached hydrogens (tertiary/aromatic N) is 4. The Kier molecular flexibility index (Phi) is 6.29. The van der Waals surface area contributed by atoms with Gasteiger partial charge in [-0.2, -0.15) is 18.3 Å². The number of H-pyrrole nitrogens is 1. The van der Waals surface area contributed by atoms with Crippen LogP contribution >= 0.6 is 23.4 Å². The Bertz CT molecular complexity index is 1290. The highest BCUT2D eigenvalue weighted by atomic mass is 35.5. The van der Waals surface area contributed by atoms with E-state index in [1.165, 1.54) is 10.7 Å². The average Bonchev–Trinajstić information content (AvgIpc) is 3.40. The Morgan fingerprint density at radius 2 is 1.91 bits per heavy atom. The summed E-state index contributed by atoms with van der Waals surface area (Å²) in [5.41, 5.74) is 0.668. The van der Waals surface area contributed by atoms with Gasteiger partial charge in [0, 0.05) is 10.6 Å². The van der Waals surface area contributed by atoms with Gasteiger partial charge in [-0.15, -0.1) is 10.2 Å². The summed E-state index contributed by atoms with van der Waals surface area (Å²) in [6.45, 7) is 0. The summed E-state index contributed by atoms with van der Waals surface area (Å²) in [6, 6.07) is 14.3. The highest BCUT2D eigenvalue weighted by molar-refractivity contribution is 7.99. The number of hydrogen-bond donors (Lipinski definition) is 3. The summed E-state index contributed by atoms with van der Waals surface area (Å²) in [4.78, 5) is 12.3. The molecule has 0 aliphatic heterocycles. The fourth-order valence-electron chi connectivity index (χ4n) is 2.93. The number of halogens is 4. The molecule has 0 bridgehead atoms. The number of aromatic amines is 1. The van der Waals surface area contributed by atoms with E-state index in [2.05, 4.69) is 25.7 Å². The summed E-state index contributed by atoms with van der Waals surface area (Å²) < 4.78 is 40.8. The number of carbonyl (C=O) groups excluding carboxylic acids is 1. The zero-order valence-electron chi connectivity index (χ0n) is 16.6. The third kappa shape index (κ3) is 5.12. The number of hydrogen-bond acceptors (Lipinski definition) is 6. The molecule has 4 N–H and O–H groups in total. The third-order valence-corrected chi connectivity index (χ3v) is 5.62. The number of aromatic nitrogens is 5. The number of nitrogens with one attached hydrogen (secondary N) is 2. The first-order valence-electron chi connectivity index (χ1n) is 9.33. The molecule has 4 aromatic rings. The van der Waals surface area contributed by atoms with E-state index in [0.717, 1.165) is 29.5 Å². The predicted octanol–water partition coefficient (Wildman–Crippen LogP) is 4.45. The van der Waals surface area contributed by atoms with Crippen LogP contribution < -0.4 is 11.2 Å². The molecule has 13 heteroatoms. The number of nitrogen functional groups attached to an aromatic ring is 1. The van der Waals surface area contributed by atoms with Crippen molar-refractivity contribution < 1.29 is 18.0 Å². The lowest BCUT2D eigenvalue weighted by atomic mass is 10.1. The monoisotopic (exact) mass is 493 g/mol. The predicted molar refractivity (Wildman–Crippen MR) is 119 cm³/mol. The van der Waals surface area contributed by atoms with E-state index in [4.69, 9.17) is 17.4 Å². The van der Waals surface area contributed by atoms with Gasteiger partial charge in [0.15, 0.2) is 0 Å². The summed E-state index contributed by atoms with van der Waals surface area (Å²) >= 11 is 6.57. The van der Waals surface area contributed by atoms with Gasteiger partial charge in [0.05, 0.1) is 22.7 Å². The number of benzene rings is 2. The second-order valence-electron chi connectivity index (χ2n) is 6.73. The molecule has 8 nitrogen and oxygen atoms in total. The standard InChI is InChI=1S/C20H15ClF3N7OS/c21-12-6-7-14(13(8-12)20(22,23)24)26-17(32)10-33-19-30-29-18(31(19)25)16-9-15(27-28-16)11-4-2-1-3-5-11/h1-9H,10,25H2,(H,26,32)(H,27,28). The molecule has 0 atom stereocenters. The fourth-order valence-corrected chi connectivity index (χ4v) is 3.76. The molecule has 33 heavy (non-hydrogen) atoms. The van der Waals surface area contributed by atoms with Gasteiger partial charge in [-0.25, -0.2) is 4.68 Å². The van der Waals surface area contributed by atoms with Crippen molar-refractivity contribution in [1.29, 1.82) is 0 Å². The van der Waals surface area contributed by atoms with Crippen LogP contribution in [0.1, 0.15) is 5.56 Å². The SMILES string of the molecule is Nn1c(SCC(=O)Nc2ccc(Cl)cc2C(F)(F)F)nnc1-c1cc(-c2ccccc2)n[nH]1. The maximum Gasteiger partial charge on any atom is 0.418 e. The molecule has 2 aromatic heterocycles. The van der Waals surface area contributed by atoms with Crippen molar-refractivity contribution in [2.45, 2.75) is 11.3 Å². The molecule has 1 amide bonds. The Morgan fingerprint density at radius 3 is 2.64 bits per heavy atom. The molecule has 0 aliphatic carbocycles. The molecule has 0 aliphatic rings. The average molecular weight is 494 g/mol. The number of nitrogens with two attached hydrogens (primary N) is 1. The molecule has 0 spiro atoms. The highest BCUT2D eigenvalue weighted by Gasteiger charge is 2.34. The van der Waals surface area contributed by atoms with Crippen LogP contribution in [0.4, 0.5) is 18.9 Å². The van der Waals surface area contributed by atoms with Crippen molar-refractivity contribution in [2.24, 2.45) is 0 Å². The summed E-state index contributed by atoms with van der Waals surface area (Å²) in [6.07, 6.45) is -4.67. The van der Waals surface area contributed by atoms with Gasteiger partial charge in [0.25, 0.3) is 0 Å². The minimum absolute atomic E-state index is 0.0901. The van der Waals surface area contributed by atoms with Gasteiger partial charge in [-0.05, 0) is 24.3 Å². The minimum atomic E-state index is -4.67. The van der Waals surface area contributed by atoms with E-state index in [0.29, 0.717) is 11.4 Å². The molecule has 170 valence electrons. The van der Waals surface area contributed by atoms with E-state index < -0.39 is 23.3 Å². The van der Waals surface area contributed by atoms with Crippen LogP contribution in [0, 0.1) is 0 Å². The number of thioether (sulfide) groups is 1. The quantitative estimate of drug-likeness (QED) is 0.270. The maximum atomic E-state index is 13.2. The van der Waals surface area contributed by atoms with Gasteiger partial charge in [0.2, 0.25) is 16.9 Å². The maximum absolute atomic E-state index is 13.2. The zero-order chi connectivity index (χ0) is 23.6. The van der Waals surface area contributed by atoms with Gasteiger partial charge < -0.3 is 11.2 Å².